The van der Waals surface area contributed by atoms with Crippen molar-refractivity contribution in [3.8, 4) is 11.3 Å². The largest absolute Gasteiger partial charge is 0.351 e. The van der Waals surface area contributed by atoms with Crippen LogP contribution in [0.2, 0.25) is 0 Å². The standard InChI is InChI=1S/C12H15N5O/c1-8(2)17-10(4-6-15-17)9-3-5-14-11(7-9)16-12(13)18/h3-8H,1-2H3,(H3,13,14,16,18). The van der Waals surface area contributed by atoms with Crippen LogP contribution in [-0.4, -0.2) is 20.8 Å². The third-order valence-corrected chi connectivity index (χ3v) is 2.47. The lowest BCUT2D eigenvalue weighted by molar-refractivity contribution is 0.259. The lowest BCUT2D eigenvalue weighted by atomic mass is 10.2. The lowest BCUT2D eigenvalue weighted by Gasteiger charge is -2.11. The van der Waals surface area contributed by atoms with Gasteiger partial charge in [-0.1, -0.05) is 0 Å². The maximum absolute atomic E-state index is 10.8. The zero-order valence-corrected chi connectivity index (χ0v) is 10.3. The highest BCUT2D eigenvalue weighted by Crippen LogP contribution is 2.23. The number of rotatable bonds is 3. The fraction of sp³-hybridized carbons (Fsp3) is 0.250. The van der Waals surface area contributed by atoms with Crippen LogP contribution in [-0.2, 0) is 0 Å². The predicted molar refractivity (Wildman–Crippen MR) is 69.0 cm³/mol. The van der Waals surface area contributed by atoms with E-state index in [1.807, 2.05) is 16.8 Å². The zero-order chi connectivity index (χ0) is 13.1. The van der Waals surface area contributed by atoms with Crippen LogP contribution in [0.3, 0.4) is 0 Å². The van der Waals surface area contributed by atoms with E-state index in [1.54, 1.807) is 18.5 Å². The number of amides is 2. The van der Waals surface area contributed by atoms with Gasteiger partial charge in [0, 0.05) is 24.0 Å². The van der Waals surface area contributed by atoms with Crippen LogP contribution < -0.4 is 11.1 Å². The summed E-state index contributed by atoms with van der Waals surface area (Å²) >= 11 is 0. The first kappa shape index (κ1) is 12.1. The SMILES string of the molecule is CC(C)n1nccc1-c1ccnc(NC(N)=O)c1. The summed E-state index contributed by atoms with van der Waals surface area (Å²) in [4.78, 5) is 14.8. The average molecular weight is 245 g/mol. The summed E-state index contributed by atoms with van der Waals surface area (Å²) in [5, 5.41) is 6.72. The molecule has 2 rings (SSSR count). The molecule has 0 bridgehead atoms. The quantitative estimate of drug-likeness (QED) is 0.867. The summed E-state index contributed by atoms with van der Waals surface area (Å²) in [6.45, 7) is 4.11. The molecule has 3 N–H and O–H groups in total. The minimum Gasteiger partial charge on any atom is -0.351 e. The van der Waals surface area contributed by atoms with E-state index in [-0.39, 0.29) is 6.04 Å². The number of primary amides is 1. The summed E-state index contributed by atoms with van der Waals surface area (Å²) in [6, 6.07) is 5.18. The average Bonchev–Trinajstić information content (AvgIpc) is 2.77. The van der Waals surface area contributed by atoms with Crippen molar-refractivity contribution in [1.82, 2.24) is 14.8 Å². The Hall–Kier alpha value is -2.37. The van der Waals surface area contributed by atoms with Crippen LogP contribution >= 0.6 is 0 Å². The first-order valence-electron chi connectivity index (χ1n) is 5.64. The third-order valence-electron chi connectivity index (χ3n) is 2.47. The maximum atomic E-state index is 10.8. The Balaban J connectivity index is 2.38. The Morgan fingerprint density at radius 3 is 2.83 bits per heavy atom. The number of nitrogens with two attached hydrogens (primary N) is 1. The van der Waals surface area contributed by atoms with Gasteiger partial charge in [-0.3, -0.25) is 10.00 Å². The van der Waals surface area contributed by atoms with Gasteiger partial charge in [0.05, 0.1) is 5.69 Å². The Morgan fingerprint density at radius 1 is 1.39 bits per heavy atom. The number of pyridine rings is 1. The second-order valence-corrected chi connectivity index (χ2v) is 4.17. The minimum atomic E-state index is -0.628. The van der Waals surface area contributed by atoms with Crippen LogP contribution in [0.15, 0.2) is 30.6 Å². The molecule has 0 atom stereocenters. The second kappa shape index (κ2) is 4.87. The predicted octanol–water partition coefficient (Wildman–Crippen LogP) is 2.02. The number of nitrogens with one attached hydrogen (secondary N) is 1. The van der Waals surface area contributed by atoms with E-state index >= 15 is 0 Å². The molecule has 6 nitrogen and oxygen atoms in total. The third kappa shape index (κ3) is 2.48. The molecule has 2 aromatic heterocycles. The minimum absolute atomic E-state index is 0.260. The number of hydrogen-bond donors (Lipinski definition) is 2. The van der Waals surface area contributed by atoms with Gasteiger partial charge in [0.15, 0.2) is 0 Å². The molecule has 0 spiro atoms. The summed E-state index contributed by atoms with van der Waals surface area (Å²) in [6.07, 6.45) is 3.37. The fourth-order valence-electron chi connectivity index (χ4n) is 1.74. The molecule has 2 heterocycles. The highest BCUT2D eigenvalue weighted by molar-refractivity contribution is 5.87. The molecule has 0 saturated carbocycles. The summed E-state index contributed by atoms with van der Waals surface area (Å²) < 4.78 is 1.91. The van der Waals surface area contributed by atoms with Crippen LogP contribution in [0.25, 0.3) is 11.3 Å². The number of urea groups is 1. The highest BCUT2D eigenvalue weighted by atomic mass is 16.2. The Bertz CT molecular complexity index is 561. The molecule has 0 saturated heterocycles. The molecule has 0 fully saturated rings. The number of carbonyl (C=O) groups excluding carboxylic acids is 1. The van der Waals surface area contributed by atoms with Crippen LogP contribution in [0.1, 0.15) is 19.9 Å². The van der Waals surface area contributed by atoms with E-state index in [0.29, 0.717) is 5.82 Å². The van der Waals surface area contributed by atoms with Gasteiger partial charge in [0.1, 0.15) is 5.82 Å². The van der Waals surface area contributed by atoms with Crippen LogP contribution in [0.5, 0.6) is 0 Å². The van der Waals surface area contributed by atoms with Gasteiger partial charge < -0.3 is 5.73 Å². The van der Waals surface area contributed by atoms with Crippen molar-refractivity contribution in [1.29, 1.82) is 0 Å². The van der Waals surface area contributed by atoms with Gasteiger partial charge >= 0.3 is 6.03 Å². The van der Waals surface area contributed by atoms with Crippen molar-refractivity contribution in [2.45, 2.75) is 19.9 Å². The van der Waals surface area contributed by atoms with Crippen molar-refractivity contribution >= 4 is 11.8 Å². The van der Waals surface area contributed by atoms with E-state index in [9.17, 15) is 4.79 Å². The van der Waals surface area contributed by atoms with Gasteiger partial charge in [-0.05, 0) is 32.0 Å². The van der Waals surface area contributed by atoms with E-state index in [1.165, 1.54) is 0 Å². The molecule has 0 aliphatic rings. The first-order valence-corrected chi connectivity index (χ1v) is 5.64. The van der Waals surface area contributed by atoms with E-state index in [0.717, 1.165) is 11.3 Å². The van der Waals surface area contributed by atoms with Gasteiger partial charge in [0.25, 0.3) is 0 Å². The van der Waals surface area contributed by atoms with Crippen molar-refractivity contribution in [2.75, 3.05) is 5.32 Å². The Kier molecular flexibility index (Phi) is 3.27. The van der Waals surface area contributed by atoms with Crippen molar-refractivity contribution in [3.05, 3.63) is 30.6 Å². The summed E-state index contributed by atoms with van der Waals surface area (Å²) in [5.41, 5.74) is 6.97. The van der Waals surface area contributed by atoms with E-state index in [2.05, 4.69) is 29.2 Å². The monoisotopic (exact) mass is 245 g/mol. The molecule has 6 heteroatoms. The van der Waals surface area contributed by atoms with Crippen LogP contribution in [0, 0.1) is 0 Å². The molecule has 18 heavy (non-hydrogen) atoms. The lowest BCUT2D eigenvalue weighted by Crippen LogP contribution is -2.20. The molecule has 94 valence electrons. The zero-order valence-electron chi connectivity index (χ0n) is 10.3. The summed E-state index contributed by atoms with van der Waals surface area (Å²) in [7, 11) is 0. The Labute approximate surface area is 105 Å². The molecular weight excluding hydrogens is 230 g/mol. The second-order valence-electron chi connectivity index (χ2n) is 4.17. The van der Waals surface area contributed by atoms with E-state index in [4.69, 9.17) is 5.73 Å². The van der Waals surface area contributed by atoms with Crippen molar-refractivity contribution in [2.24, 2.45) is 5.73 Å². The molecular formula is C12H15N5O. The molecule has 2 amide bonds. The number of hydrogen-bond acceptors (Lipinski definition) is 3. The normalized spacial score (nSPS) is 10.6. The topological polar surface area (TPSA) is 85.8 Å². The van der Waals surface area contributed by atoms with Crippen molar-refractivity contribution in [3.63, 3.8) is 0 Å². The van der Waals surface area contributed by atoms with Gasteiger partial charge in [0.2, 0.25) is 0 Å². The molecule has 0 unspecified atom stereocenters. The summed E-state index contributed by atoms with van der Waals surface area (Å²) in [5.74, 6) is 0.427. The number of carbonyl (C=O) groups is 1. The number of aromatic nitrogens is 3. The van der Waals surface area contributed by atoms with E-state index < -0.39 is 6.03 Å². The smallest absolute Gasteiger partial charge is 0.317 e. The first-order chi connectivity index (χ1) is 8.58. The molecule has 0 aliphatic carbocycles. The van der Waals surface area contributed by atoms with Gasteiger partial charge in [-0.25, -0.2) is 9.78 Å². The number of nitrogens with zero attached hydrogens (tertiary/aromatic N) is 3. The Morgan fingerprint density at radius 2 is 2.17 bits per heavy atom. The molecule has 0 aromatic carbocycles. The van der Waals surface area contributed by atoms with Gasteiger partial charge in [-0.15, -0.1) is 0 Å². The molecule has 0 radical (unpaired) electrons. The fourth-order valence-corrected chi connectivity index (χ4v) is 1.74. The molecule has 0 aliphatic heterocycles. The number of anilines is 1. The maximum Gasteiger partial charge on any atom is 0.317 e. The van der Waals surface area contributed by atoms with Crippen molar-refractivity contribution < 1.29 is 4.79 Å². The van der Waals surface area contributed by atoms with Crippen LogP contribution in [0.4, 0.5) is 10.6 Å². The molecule has 2 aromatic rings. The van der Waals surface area contributed by atoms with Gasteiger partial charge in [-0.2, -0.15) is 5.10 Å². The highest BCUT2D eigenvalue weighted by Gasteiger charge is 2.09.